The average Bonchev–Trinajstić information content (AvgIpc) is 2.53. The SMILES string of the molecule is N#Cc1cnc2ccccc2c1NCC1(O)CCCCC1. The molecule has 2 aromatic rings. The van der Waals surface area contributed by atoms with Crippen LogP contribution in [0.4, 0.5) is 5.69 Å². The number of rotatable bonds is 3. The number of nitriles is 1. The lowest BCUT2D eigenvalue weighted by Gasteiger charge is -2.32. The monoisotopic (exact) mass is 281 g/mol. The van der Waals surface area contributed by atoms with Crippen molar-refractivity contribution in [3.05, 3.63) is 36.0 Å². The molecule has 0 spiro atoms. The minimum Gasteiger partial charge on any atom is -0.388 e. The fraction of sp³-hybridized carbons (Fsp3) is 0.412. The highest BCUT2D eigenvalue weighted by Gasteiger charge is 2.29. The van der Waals surface area contributed by atoms with Gasteiger partial charge in [-0.25, -0.2) is 0 Å². The lowest BCUT2D eigenvalue weighted by molar-refractivity contribution is 0.0167. The summed E-state index contributed by atoms with van der Waals surface area (Å²) in [4.78, 5) is 4.30. The number of aliphatic hydroxyl groups is 1. The van der Waals surface area contributed by atoms with Crippen LogP contribution in [-0.2, 0) is 0 Å². The highest BCUT2D eigenvalue weighted by Crippen LogP contribution is 2.30. The fourth-order valence-corrected chi connectivity index (χ4v) is 3.06. The van der Waals surface area contributed by atoms with Gasteiger partial charge >= 0.3 is 0 Å². The molecule has 1 aliphatic rings. The van der Waals surface area contributed by atoms with Crippen molar-refractivity contribution in [1.29, 1.82) is 5.26 Å². The van der Waals surface area contributed by atoms with Crippen LogP contribution in [0.2, 0.25) is 0 Å². The lowest BCUT2D eigenvalue weighted by Crippen LogP contribution is -2.38. The van der Waals surface area contributed by atoms with Gasteiger partial charge in [-0.2, -0.15) is 5.26 Å². The molecule has 1 heterocycles. The highest BCUT2D eigenvalue weighted by atomic mass is 16.3. The van der Waals surface area contributed by atoms with E-state index < -0.39 is 5.60 Å². The third-order valence-corrected chi connectivity index (χ3v) is 4.27. The summed E-state index contributed by atoms with van der Waals surface area (Å²) in [6.45, 7) is 0.482. The summed E-state index contributed by atoms with van der Waals surface area (Å²) < 4.78 is 0. The second-order valence-electron chi connectivity index (χ2n) is 5.81. The van der Waals surface area contributed by atoms with Gasteiger partial charge in [-0.3, -0.25) is 4.98 Å². The van der Waals surface area contributed by atoms with E-state index in [1.807, 2.05) is 24.3 Å². The smallest absolute Gasteiger partial charge is 0.103 e. The number of nitrogens with one attached hydrogen (secondary N) is 1. The Hall–Kier alpha value is -2.12. The van der Waals surface area contributed by atoms with Crippen molar-refractivity contribution in [3.63, 3.8) is 0 Å². The zero-order valence-electron chi connectivity index (χ0n) is 12.0. The second kappa shape index (κ2) is 5.71. The Balaban J connectivity index is 1.90. The first-order valence-corrected chi connectivity index (χ1v) is 7.46. The molecule has 1 aromatic carbocycles. The molecule has 1 aliphatic carbocycles. The molecule has 0 saturated heterocycles. The topological polar surface area (TPSA) is 68.9 Å². The van der Waals surface area contributed by atoms with Crippen LogP contribution in [0, 0.1) is 11.3 Å². The summed E-state index contributed by atoms with van der Waals surface area (Å²) in [5.74, 6) is 0. The molecule has 4 nitrogen and oxygen atoms in total. The summed E-state index contributed by atoms with van der Waals surface area (Å²) in [6.07, 6.45) is 6.58. The number of hydrogen-bond acceptors (Lipinski definition) is 4. The molecule has 1 fully saturated rings. The molecule has 4 heteroatoms. The molecule has 0 radical (unpaired) electrons. The first kappa shape index (κ1) is 13.8. The van der Waals surface area contributed by atoms with Gasteiger partial charge in [0.25, 0.3) is 0 Å². The number of para-hydroxylation sites is 1. The van der Waals surface area contributed by atoms with Gasteiger partial charge in [-0.15, -0.1) is 0 Å². The maximum absolute atomic E-state index is 10.6. The van der Waals surface area contributed by atoms with E-state index in [0.29, 0.717) is 12.1 Å². The standard InChI is InChI=1S/C17H19N3O/c18-10-13-11-19-15-7-3-2-6-14(15)16(13)20-12-17(21)8-4-1-5-9-17/h2-3,6-7,11,21H,1,4-5,8-9,12H2,(H,19,20). The molecular formula is C17H19N3O. The zero-order chi connectivity index (χ0) is 14.7. The van der Waals surface area contributed by atoms with Gasteiger partial charge < -0.3 is 10.4 Å². The average molecular weight is 281 g/mol. The van der Waals surface area contributed by atoms with Gasteiger partial charge in [0.1, 0.15) is 6.07 Å². The van der Waals surface area contributed by atoms with Crippen molar-refractivity contribution >= 4 is 16.6 Å². The number of anilines is 1. The Labute approximate surface area is 124 Å². The summed E-state index contributed by atoms with van der Waals surface area (Å²) in [6, 6.07) is 9.93. The van der Waals surface area contributed by atoms with E-state index >= 15 is 0 Å². The highest BCUT2D eigenvalue weighted by molar-refractivity contribution is 5.93. The first-order valence-electron chi connectivity index (χ1n) is 7.46. The van der Waals surface area contributed by atoms with Crippen LogP contribution >= 0.6 is 0 Å². The van der Waals surface area contributed by atoms with Crippen LogP contribution in [0.5, 0.6) is 0 Å². The number of benzene rings is 1. The van der Waals surface area contributed by atoms with Gasteiger partial charge in [-0.05, 0) is 18.9 Å². The Morgan fingerprint density at radius 3 is 2.76 bits per heavy atom. The van der Waals surface area contributed by atoms with Crippen molar-refractivity contribution in [1.82, 2.24) is 4.98 Å². The van der Waals surface area contributed by atoms with Crippen LogP contribution in [0.25, 0.3) is 10.9 Å². The van der Waals surface area contributed by atoms with Crippen LogP contribution in [0.15, 0.2) is 30.5 Å². The van der Waals surface area contributed by atoms with Crippen LogP contribution in [0.1, 0.15) is 37.7 Å². The van der Waals surface area contributed by atoms with E-state index in [2.05, 4.69) is 16.4 Å². The maximum Gasteiger partial charge on any atom is 0.103 e. The first-order chi connectivity index (χ1) is 10.2. The molecule has 21 heavy (non-hydrogen) atoms. The van der Waals surface area contributed by atoms with Crippen molar-refractivity contribution in [2.24, 2.45) is 0 Å². The summed E-state index contributed by atoms with van der Waals surface area (Å²) in [7, 11) is 0. The molecular weight excluding hydrogens is 262 g/mol. The molecule has 1 aromatic heterocycles. The number of pyridine rings is 1. The van der Waals surface area contributed by atoms with Crippen molar-refractivity contribution < 1.29 is 5.11 Å². The summed E-state index contributed by atoms with van der Waals surface area (Å²) in [5, 5.41) is 24.1. The van der Waals surface area contributed by atoms with Gasteiger partial charge in [0.15, 0.2) is 0 Å². The van der Waals surface area contributed by atoms with Crippen LogP contribution in [0.3, 0.4) is 0 Å². The molecule has 1 saturated carbocycles. The van der Waals surface area contributed by atoms with Gasteiger partial charge in [-0.1, -0.05) is 37.5 Å². The maximum atomic E-state index is 10.6. The fourth-order valence-electron chi connectivity index (χ4n) is 3.06. The summed E-state index contributed by atoms with van der Waals surface area (Å²) >= 11 is 0. The zero-order valence-corrected chi connectivity index (χ0v) is 12.0. The predicted molar refractivity (Wildman–Crippen MR) is 83.0 cm³/mol. The largest absolute Gasteiger partial charge is 0.388 e. The molecule has 0 bridgehead atoms. The molecule has 0 unspecified atom stereocenters. The minimum atomic E-state index is -0.657. The molecule has 108 valence electrons. The van der Waals surface area contributed by atoms with E-state index in [1.54, 1.807) is 6.20 Å². The van der Waals surface area contributed by atoms with Gasteiger partial charge in [0.2, 0.25) is 0 Å². The molecule has 0 aliphatic heterocycles. The number of aromatic nitrogens is 1. The van der Waals surface area contributed by atoms with Crippen molar-refractivity contribution in [2.45, 2.75) is 37.7 Å². The van der Waals surface area contributed by atoms with Gasteiger partial charge in [0.05, 0.1) is 22.4 Å². The third kappa shape index (κ3) is 2.84. The number of nitrogens with zero attached hydrogens (tertiary/aromatic N) is 2. The van der Waals surface area contributed by atoms with Gasteiger partial charge in [0, 0.05) is 18.1 Å². The van der Waals surface area contributed by atoms with Crippen molar-refractivity contribution in [2.75, 3.05) is 11.9 Å². The normalized spacial score (nSPS) is 17.3. The number of fused-ring (bicyclic) bond motifs is 1. The van der Waals surface area contributed by atoms with Crippen LogP contribution < -0.4 is 5.32 Å². The van der Waals surface area contributed by atoms with E-state index in [1.165, 1.54) is 6.42 Å². The van der Waals surface area contributed by atoms with E-state index in [9.17, 15) is 10.4 Å². The van der Waals surface area contributed by atoms with E-state index in [-0.39, 0.29) is 0 Å². The quantitative estimate of drug-likeness (QED) is 0.906. The predicted octanol–water partition coefficient (Wildman–Crippen LogP) is 3.21. The van der Waals surface area contributed by atoms with E-state index in [4.69, 9.17) is 0 Å². The Morgan fingerprint density at radius 1 is 1.24 bits per heavy atom. The van der Waals surface area contributed by atoms with E-state index in [0.717, 1.165) is 42.3 Å². The Bertz CT molecular complexity index is 684. The molecule has 0 amide bonds. The van der Waals surface area contributed by atoms with Crippen LogP contribution in [-0.4, -0.2) is 22.2 Å². The lowest BCUT2D eigenvalue weighted by atomic mass is 9.85. The third-order valence-electron chi connectivity index (χ3n) is 4.27. The van der Waals surface area contributed by atoms with Crippen molar-refractivity contribution in [3.8, 4) is 6.07 Å². The Morgan fingerprint density at radius 2 is 2.00 bits per heavy atom. The number of hydrogen-bond donors (Lipinski definition) is 2. The minimum absolute atomic E-state index is 0.482. The molecule has 3 rings (SSSR count). The Kier molecular flexibility index (Phi) is 3.76. The second-order valence-corrected chi connectivity index (χ2v) is 5.81. The molecule has 0 atom stereocenters. The summed E-state index contributed by atoms with van der Waals surface area (Å²) in [5.41, 5.74) is 1.50. The molecule has 2 N–H and O–H groups in total.